The predicted molar refractivity (Wildman–Crippen MR) is 73.6 cm³/mol. The van der Waals surface area contributed by atoms with Crippen molar-refractivity contribution in [3.63, 3.8) is 0 Å². The summed E-state index contributed by atoms with van der Waals surface area (Å²) < 4.78 is 0. The smallest absolute Gasteiger partial charge is 0.0794 e. The average molecular weight is 253 g/mol. The minimum absolute atomic E-state index is 0.693. The molecule has 1 fully saturated rings. The second kappa shape index (κ2) is 7.09. The van der Waals surface area contributed by atoms with E-state index in [-0.39, 0.29) is 0 Å². The van der Waals surface area contributed by atoms with Crippen LogP contribution in [0.15, 0.2) is 10.9 Å². The molecular formula is C13H23N3S. The summed E-state index contributed by atoms with van der Waals surface area (Å²) in [6.45, 7) is 7.05. The Balaban J connectivity index is 1.78. The van der Waals surface area contributed by atoms with Crippen LogP contribution in [0.4, 0.5) is 0 Å². The first-order chi connectivity index (χ1) is 8.38. The Morgan fingerprint density at radius 2 is 2.53 bits per heavy atom. The fraction of sp³-hybridized carbons (Fsp3) is 0.769. The van der Waals surface area contributed by atoms with E-state index in [0.29, 0.717) is 6.04 Å². The molecule has 0 spiro atoms. The van der Waals surface area contributed by atoms with E-state index in [2.05, 4.69) is 27.5 Å². The Kier molecular flexibility index (Phi) is 5.42. The van der Waals surface area contributed by atoms with Crippen molar-refractivity contribution in [1.29, 1.82) is 0 Å². The molecule has 0 bridgehead atoms. The number of aromatic nitrogens is 1. The van der Waals surface area contributed by atoms with Crippen molar-refractivity contribution in [1.82, 2.24) is 15.2 Å². The van der Waals surface area contributed by atoms with E-state index in [0.717, 1.165) is 13.0 Å². The van der Waals surface area contributed by atoms with Gasteiger partial charge in [-0.15, -0.1) is 11.3 Å². The summed E-state index contributed by atoms with van der Waals surface area (Å²) in [5.74, 6) is 0. The lowest BCUT2D eigenvalue weighted by molar-refractivity contribution is 0.265. The van der Waals surface area contributed by atoms with Crippen molar-refractivity contribution in [2.75, 3.05) is 26.2 Å². The van der Waals surface area contributed by atoms with E-state index in [9.17, 15) is 0 Å². The molecule has 0 aromatic carbocycles. The van der Waals surface area contributed by atoms with E-state index < -0.39 is 0 Å². The third-order valence-electron chi connectivity index (χ3n) is 3.37. The van der Waals surface area contributed by atoms with Gasteiger partial charge in [-0.2, -0.15) is 0 Å². The van der Waals surface area contributed by atoms with E-state index in [4.69, 9.17) is 0 Å². The highest BCUT2D eigenvalue weighted by molar-refractivity contribution is 7.07. The molecule has 1 aliphatic heterocycles. The average Bonchev–Trinajstić information content (AvgIpc) is 2.75. The van der Waals surface area contributed by atoms with Crippen molar-refractivity contribution in [2.24, 2.45) is 0 Å². The van der Waals surface area contributed by atoms with Crippen LogP contribution in [0.3, 0.4) is 0 Å². The van der Waals surface area contributed by atoms with Crippen LogP contribution in [-0.4, -0.2) is 42.1 Å². The summed E-state index contributed by atoms with van der Waals surface area (Å²) in [6, 6.07) is 0.693. The fourth-order valence-corrected chi connectivity index (χ4v) is 3.05. The van der Waals surface area contributed by atoms with Crippen molar-refractivity contribution in [2.45, 2.75) is 38.6 Å². The zero-order valence-corrected chi connectivity index (χ0v) is 11.5. The van der Waals surface area contributed by atoms with Crippen LogP contribution in [0.2, 0.25) is 0 Å². The summed E-state index contributed by atoms with van der Waals surface area (Å²) in [7, 11) is 0. The molecule has 17 heavy (non-hydrogen) atoms. The summed E-state index contributed by atoms with van der Waals surface area (Å²) in [5, 5.41) is 5.82. The number of nitrogens with one attached hydrogen (secondary N) is 1. The van der Waals surface area contributed by atoms with E-state index in [1.54, 1.807) is 11.3 Å². The van der Waals surface area contributed by atoms with Crippen LogP contribution in [0, 0.1) is 0 Å². The Hall–Kier alpha value is -0.450. The Bertz CT molecular complexity index is 300. The lowest BCUT2D eigenvalue weighted by Gasteiger charge is -2.23. The maximum absolute atomic E-state index is 4.36. The van der Waals surface area contributed by atoms with Gasteiger partial charge < -0.3 is 10.2 Å². The molecule has 0 aliphatic carbocycles. The van der Waals surface area contributed by atoms with Crippen LogP contribution in [0.1, 0.15) is 31.9 Å². The third-order valence-corrected chi connectivity index (χ3v) is 4.00. The van der Waals surface area contributed by atoms with E-state index in [1.165, 1.54) is 44.6 Å². The zero-order valence-electron chi connectivity index (χ0n) is 10.7. The highest BCUT2D eigenvalue weighted by atomic mass is 32.1. The normalized spacial score (nSPS) is 22.5. The number of hydrogen-bond donors (Lipinski definition) is 1. The fourth-order valence-electron chi connectivity index (χ4n) is 2.45. The molecule has 2 rings (SSSR count). The first-order valence-corrected chi connectivity index (χ1v) is 7.65. The molecule has 4 heteroatoms. The van der Waals surface area contributed by atoms with Gasteiger partial charge in [0.15, 0.2) is 0 Å². The van der Waals surface area contributed by atoms with Gasteiger partial charge in [-0.05, 0) is 25.9 Å². The zero-order chi connectivity index (χ0) is 11.9. The maximum Gasteiger partial charge on any atom is 0.0794 e. The first-order valence-electron chi connectivity index (χ1n) is 6.71. The van der Waals surface area contributed by atoms with Gasteiger partial charge in [-0.25, -0.2) is 4.98 Å². The molecule has 0 radical (unpaired) electrons. The summed E-state index contributed by atoms with van der Waals surface area (Å²) in [5.41, 5.74) is 3.18. The van der Waals surface area contributed by atoms with Crippen LogP contribution in [0.5, 0.6) is 0 Å². The molecule has 96 valence electrons. The third kappa shape index (κ3) is 4.37. The Labute approximate surface area is 108 Å². The highest BCUT2D eigenvalue weighted by Crippen LogP contribution is 2.08. The highest BCUT2D eigenvalue weighted by Gasteiger charge is 2.16. The second-order valence-corrected chi connectivity index (χ2v) is 5.54. The monoisotopic (exact) mass is 253 g/mol. The Morgan fingerprint density at radius 1 is 1.59 bits per heavy atom. The quantitative estimate of drug-likeness (QED) is 0.871. The number of nitrogens with zero attached hydrogens (tertiary/aromatic N) is 2. The molecule has 0 amide bonds. The lowest BCUT2D eigenvalue weighted by Crippen LogP contribution is -2.38. The van der Waals surface area contributed by atoms with Gasteiger partial charge in [0.05, 0.1) is 11.2 Å². The summed E-state index contributed by atoms with van der Waals surface area (Å²) in [4.78, 5) is 6.95. The van der Waals surface area contributed by atoms with Gasteiger partial charge in [-0.1, -0.05) is 13.3 Å². The minimum Gasteiger partial charge on any atom is -0.313 e. The summed E-state index contributed by atoms with van der Waals surface area (Å²) >= 11 is 1.70. The van der Waals surface area contributed by atoms with Gasteiger partial charge >= 0.3 is 0 Å². The van der Waals surface area contributed by atoms with Crippen LogP contribution in [0.25, 0.3) is 0 Å². The van der Waals surface area contributed by atoms with Crippen LogP contribution < -0.4 is 5.32 Å². The second-order valence-electron chi connectivity index (χ2n) is 4.82. The lowest BCUT2D eigenvalue weighted by atomic mass is 10.1. The van der Waals surface area contributed by atoms with Crippen molar-refractivity contribution in [3.05, 3.63) is 16.6 Å². The van der Waals surface area contributed by atoms with Crippen molar-refractivity contribution >= 4 is 11.3 Å². The summed E-state index contributed by atoms with van der Waals surface area (Å²) in [6.07, 6.45) is 4.95. The van der Waals surface area contributed by atoms with Crippen LogP contribution in [-0.2, 0) is 6.42 Å². The topological polar surface area (TPSA) is 28.2 Å². The molecular weight excluding hydrogens is 230 g/mol. The molecule has 2 heterocycles. The van der Waals surface area contributed by atoms with Crippen molar-refractivity contribution in [3.8, 4) is 0 Å². The largest absolute Gasteiger partial charge is 0.313 e. The number of hydrogen-bond acceptors (Lipinski definition) is 4. The van der Waals surface area contributed by atoms with E-state index >= 15 is 0 Å². The van der Waals surface area contributed by atoms with Gasteiger partial charge in [0.25, 0.3) is 0 Å². The standard InChI is InChI=1S/C13H23N3S/c1-2-4-12-9-16(7-3-6-14-12)8-5-13-10-17-11-15-13/h10-12,14H,2-9H2,1H3. The molecule has 1 aliphatic rings. The molecule has 1 unspecified atom stereocenters. The molecule has 0 saturated carbocycles. The van der Waals surface area contributed by atoms with Gasteiger partial charge in [0, 0.05) is 30.9 Å². The van der Waals surface area contributed by atoms with Gasteiger partial charge in [-0.3, -0.25) is 0 Å². The molecule has 1 saturated heterocycles. The molecule has 1 atom stereocenters. The number of thiazole rings is 1. The molecule has 1 aromatic heterocycles. The van der Waals surface area contributed by atoms with E-state index in [1.807, 2.05) is 5.51 Å². The molecule has 1 aromatic rings. The molecule has 3 nitrogen and oxygen atoms in total. The van der Waals surface area contributed by atoms with Gasteiger partial charge in [0.2, 0.25) is 0 Å². The Morgan fingerprint density at radius 3 is 3.29 bits per heavy atom. The van der Waals surface area contributed by atoms with Crippen LogP contribution >= 0.6 is 11.3 Å². The first kappa shape index (κ1) is 13.0. The predicted octanol–water partition coefficient (Wildman–Crippen LogP) is 2.15. The molecule has 1 N–H and O–H groups in total. The minimum atomic E-state index is 0.693. The number of rotatable bonds is 5. The SMILES string of the molecule is CCCC1CN(CCc2cscn2)CCCN1. The van der Waals surface area contributed by atoms with Gasteiger partial charge in [0.1, 0.15) is 0 Å². The maximum atomic E-state index is 4.36. The van der Waals surface area contributed by atoms with Crippen molar-refractivity contribution < 1.29 is 0 Å².